The normalized spacial score (nSPS) is 34.3. The van der Waals surface area contributed by atoms with Gasteiger partial charge in [0.1, 0.15) is 12.3 Å². The Morgan fingerprint density at radius 2 is 2.20 bits per heavy atom. The van der Waals surface area contributed by atoms with Gasteiger partial charge in [-0.05, 0) is 26.2 Å². The minimum absolute atomic E-state index is 0.0257. The topological polar surface area (TPSA) is 84.7 Å². The number of halogens is 1. The summed E-state index contributed by atoms with van der Waals surface area (Å²) in [5, 5.41) is 2.79. The predicted molar refractivity (Wildman–Crippen MR) is 70.6 cm³/mol. The third-order valence-corrected chi connectivity index (χ3v) is 3.87. The highest BCUT2D eigenvalue weighted by Gasteiger charge is 2.34. The number of alkyl halides is 1. The molecule has 0 aliphatic carbocycles. The number of rotatable bonds is 5. The van der Waals surface area contributed by atoms with Crippen LogP contribution in [0.2, 0.25) is 0 Å². The minimum Gasteiger partial charge on any atom is -0.369 e. The molecule has 2 fully saturated rings. The van der Waals surface area contributed by atoms with Gasteiger partial charge in [0.25, 0.3) is 0 Å². The minimum atomic E-state index is -0.973. The summed E-state index contributed by atoms with van der Waals surface area (Å²) in [5.74, 6) is -0.640. The van der Waals surface area contributed by atoms with Gasteiger partial charge in [-0.3, -0.25) is 14.5 Å². The maximum absolute atomic E-state index is 13.4. The van der Waals surface area contributed by atoms with Gasteiger partial charge in [-0.1, -0.05) is 0 Å². The zero-order chi connectivity index (χ0) is 14.7. The number of nitrogens with two attached hydrogens (primary N) is 1. The molecule has 3 N–H and O–H groups in total. The summed E-state index contributed by atoms with van der Waals surface area (Å²) in [6.45, 7) is 2.48. The fourth-order valence-electron chi connectivity index (χ4n) is 2.86. The number of primary amides is 1. The Labute approximate surface area is 117 Å². The van der Waals surface area contributed by atoms with Gasteiger partial charge in [0.15, 0.2) is 0 Å². The highest BCUT2D eigenvalue weighted by molar-refractivity contribution is 5.81. The molecule has 2 saturated heterocycles. The van der Waals surface area contributed by atoms with E-state index in [1.165, 1.54) is 0 Å². The molecule has 2 heterocycles. The number of hydrogen-bond acceptors (Lipinski definition) is 4. The van der Waals surface area contributed by atoms with Crippen LogP contribution in [0.25, 0.3) is 0 Å². The Balaban J connectivity index is 1.79. The van der Waals surface area contributed by atoms with Gasteiger partial charge >= 0.3 is 0 Å². The molecule has 2 aliphatic heterocycles. The molecule has 2 aliphatic rings. The van der Waals surface area contributed by atoms with Gasteiger partial charge in [0.05, 0.1) is 12.6 Å². The van der Waals surface area contributed by atoms with Gasteiger partial charge < -0.3 is 15.8 Å². The fourth-order valence-corrected chi connectivity index (χ4v) is 2.86. The van der Waals surface area contributed by atoms with E-state index in [1.807, 2.05) is 6.92 Å². The number of hydrogen-bond donors (Lipinski definition) is 2. The molecule has 0 spiro atoms. The number of ether oxygens (including phenoxy) is 1. The van der Waals surface area contributed by atoms with Crippen LogP contribution in [-0.4, -0.2) is 60.8 Å². The molecule has 7 heteroatoms. The first-order valence-corrected chi connectivity index (χ1v) is 7.05. The molecule has 0 saturated carbocycles. The van der Waals surface area contributed by atoms with Crippen molar-refractivity contribution < 1.29 is 18.7 Å². The Morgan fingerprint density at radius 1 is 1.45 bits per heavy atom. The summed E-state index contributed by atoms with van der Waals surface area (Å²) in [6, 6.07) is -0.180. The van der Waals surface area contributed by atoms with E-state index in [1.54, 1.807) is 4.90 Å². The van der Waals surface area contributed by atoms with Crippen LogP contribution in [0.15, 0.2) is 0 Å². The number of carbonyl (C=O) groups excluding carboxylic acids is 2. The molecule has 2 unspecified atom stereocenters. The van der Waals surface area contributed by atoms with E-state index in [4.69, 9.17) is 10.5 Å². The summed E-state index contributed by atoms with van der Waals surface area (Å²) < 4.78 is 18.9. The van der Waals surface area contributed by atoms with E-state index in [9.17, 15) is 14.0 Å². The van der Waals surface area contributed by atoms with E-state index >= 15 is 0 Å². The van der Waals surface area contributed by atoms with Crippen molar-refractivity contribution in [1.29, 1.82) is 0 Å². The number of nitrogens with one attached hydrogen (secondary N) is 1. The quantitative estimate of drug-likeness (QED) is 0.718. The largest absolute Gasteiger partial charge is 0.369 e. The van der Waals surface area contributed by atoms with Crippen molar-refractivity contribution in [2.24, 2.45) is 5.73 Å². The number of likely N-dealkylation sites (tertiary alicyclic amines) is 1. The van der Waals surface area contributed by atoms with Crippen molar-refractivity contribution >= 4 is 11.8 Å². The standard InChI is InChI=1S/C13H22FN3O3/c1-8-2-3-11(20-8)13(19)16-5-10-4-9(14)6-17(10)7-12(15)18/h8-11H,2-7H2,1H3,(H2,15,18)(H,16,19)/t8?,9-,10-,11?/m0/s1. The predicted octanol–water partition coefficient (Wildman–Crippen LogP) is -0.432. The summed E-state index contributed by atoms with van der Waals surface area (Å²) >= 11 is 0. The van der Waals surface area contributed by atoms with Crippen LogP contribution in [0.1, 0.15) is 26.2 Å². The third-order valence-electron chi connectivity index (χ3n) is 3.87. The van der Waals surface area contributed by atoms with E-state index in [0.717, 1.165) is 6.42 Å². The Hall–Kier alpha value is -1.21. The van der Waals surface area contributed by atoms with Crippen LogP contribution < -0.4 is 11.1 Å². The molecular formula is C13H22FN3O3. The lowest BCUT2D eigenvalue weighted by atomic mass is 10.1. The van der Waals surface area contributed by atoms with Crippen LogP contribution >= 0.6 is 0 Å². The molecule has 0 aromatic rings. The highest BCUT2D eigenvalue weighted by atomic mass is 19.1. The van der Waals surface area contributed by atoms with Crippen molar-refractivity contribution in [1.82, 2.24) is 10.2 Å². The van der Waals surface area contributed by atoms with Crippen LogP contribution in [-0.2, 0) is 14.3 Å². The van der Waals surface area contributed by atoms with E-state index in [2.05, 4.69) is 5.32 Å². The number of nitrogens with zero attached hydrogens (tertiary/aromatic N) is 1. The molecular weight excluding hydrogens is 265 g/mol. The van der Waals surface area contributed by atoms with Gasteiger partial charge in [0, 0.05) is 19.1 Å². The maximum atomic E-state index is 13.4. The fraction of sp³-hybridized carbons (Fsp3) is 0.846. The van der Waals surface area contributed by atoms with Crippen molar-refractivity contribution in [2.75, 3.05) is 19.6 Å². The van der Waals surface area contributed by atoms with E-state index in [0.29, 0.717) is 19.4 Å². The molecule has 114 valence electrons. The third kappa shape index (κ3) is 3.89. The van der Waals surface area contributed by atoms with Gasteiger partial charge in [-0.25, -0.2) is 4.39 Å². The first kappa shape index (κ1) is 15.2. The Kier molecular flexibility index (Phi) is 4.93. The molecule has 2 rings (SSSR count). The lowest BCUT2D eigenvalue weighted by Gasteiger charge is -2.23. The zero-order valence-corrected chi connectivity index (χ0v) is 11.7. The summed E-state index contributed by atoms with van der Waals surface area (Å²) in [7, 11) is 0. The van der Waals surface area contributed by atoms with Crippen LogP contribution in [0.5, 0.6) is 0 Å². The van der Waals surface area contributed by atoms with Crippen LogP contribution in [0.3, 0.4) is 0 Å². The molecule has 2 amide bonds. The molecule has 0 radical (unpaired) electrons. The van der Waals surface area contributed by atoms with E-state index in [-0.39, 0.29) is 31.1 Å². The molecule has 0 bridgehead atoms. The summed E-state index contributed by atoms with van der Waals surface area (Å²) in [6.07, 6.45) is 0.640. The average Bonchev–Trinajstić information content (AvgIpc) is 2.92. The maximum Gasteiger partial charge on any atom is 0.249 e. The molecule has 20 heavy (non-hydrogen) atoms. The summed E-state index contributed by atoms with van der Waals surface area (Å²) in [5.41, 5.74) is 5.14. The lowest BCUT2D eigenvalue weighted by Crippen LogP contribution is -2.45. The second-order valence-electron chi connectivity index (χ2n) is 5.64. The lowest BCUT2D eigenvalue weighted by molar-refractivity contribution is -0.131. The number of amides is 2. The van der Waals surface area contributed by atoms with Crippen molar-refractivity contribution in [3.8, 4) is 0 Å². The Bertz CT molecular complexity index is 380. The van der Waals surface area contributed by atoms with Gasteiger partial charge in [-0.2, -0.15) is 0 Å². The Morgan fingerprint density at radius 3 is 2.80 bits per heavy atom. The van der Waals surface area contributed by atoms with Crippen molar-refractivity contribution in [3.05, 3.63) is 0 Å². The monoisotopic (exact) mass is 287 g/mol. The van der Waals surface area contributed by atoms with Crippen LogP contribution in [0, 0.1) is 0 Å². The van der Waals surface area contributed by atoms with Crippen molar-refractivity contribution in [2.45, 2.75) is 50.6 Å². The second kappa shape index (κ2) is 6.49. The second-order valence-corrected chi connectivity index (χ2v) is 5.64. The average molecular weight is 287 g/mol. The number of carbonyl (C=O) groups is 2. The van der Waals surface area contributed by atoms with Crippen LogP contribution in [0.4, 0.5) is 4.39 Å². The van der Waals surface area contributed by atoms with E-state index < -0.39 is 18.2 Å². The first-order valence-electron chi connectivity index (χ1n) is 7.05. The first-order chi connectivity index (χ1) is 9.45. The van der Waals surface area contributed by atoms with Gasteiger partial charge in [0.2, 0.25) is 11.8 Å². The molecule has 0 aromatic carbocycles. The highest BCUT2D eigenvalue weighted by Crippen LogP contribution is 2.21. The van der Waals surface area contributed by atoms with Gasteiger partial charge in [-0.15, -0.1) is 0 Å². The molecule has 6 nitrogen and oxygen atoms in total. The molecule has 0 aromatic heterocycles. The van der Waals surface area contributed by atoms with Crippen molar-refractivity contribution in [3.63, 3.8) is 0 Å². The SMILES string of the molecule is CC1CCC(C(=O)NC[C@@H]2C[C@H](F)CN2CC(N)=O)O1. The zero-order valence-electron chi connectivity index (χ0n) is 11.7. The smallest absolute Gasteiger partial charge is 0.249 e. The molecule has 4 atom stereocenters. The summed E-state index contributed by atoms with van der Waals surface area (Å²) in [4.78, 5) is 24.5.